The molecule has 2 saturated carbocycles. The van der Waals surface area contributed by atoms with Crippen LogP contribution in [0.2, 0.25) is 0 Å². The van der Waals surface area contributed by atoms with E-state index < -0.39 is 0 Å². The molecular weight excluding hydrogens is 365 g/mol. The molecule has 0 amide bonds. The van der Waals surface area contributed by atoms with Crippen molar-refractivity contribution >= 4 is 28.4 Å². The number of nitrogens with two attached hydrogens (primary N) is 1. The molecule has 20 heavy (non-hydrogen) atoms. The van der Waals surface area contributed by atoms with Gasteiger partial charge in [-0.2, -0.15) is 0 Å². The zero-order valence-corrected chi connectivity index (χ0v) is 14.1. The van der Waals surface area contributed by atoms with Crippen LogP contribution in [0.4, 0.5) is 5.82 Å². The second kappa shape index (κ2) is 5.75. The first kappa shape index (κ1) is 14.5. The maximum absolute atomic E-state index is 6.13. The molecule has 2 aliphatic rings. The summed E-state index contributed by atoms with van der Waals surface area (Å²) in [5.74, 6) is 2.03. The number of anilines is 1. The Bertz CT molecular complexity index is 494. The fourth-order valence-corrected chi connectivity index (χ4v) is 3.81. The minimum Gasteiger partial charge on any atom is -0.383 e. The van der Waals surface area contributed by atoms with Gasteiger partial charge < -0.3 is 10.5 Å². The maximum atomic E-state index is 6.13. The zero-order valence-electron chi connectivity index (χ0n) is 12.0. The van der Waals surface area contributed by atoms with Crippen molar-refractivity contribution in [1.82, 2.24) is 9.97 Å². The molecule has 2 aliphatic carbocycles. The molecule has 1 aromatic heterocycles. The fourth-order valence-electron chi connectivity index (χ4n) is 3.13. The highest BCUT2D eigenvalue weighted by molar-refractivity contribution is 14.1. The van der Waals surface area contributed by atoms with Crippen LogP contribution in [0.3, 0.4) is 0 Å². The van der Waals surface area contributed by atoms with Gasteiger partial charge in [0.25, 0.3) is 0 Å². The first-order valence-corrected chi connectivity index (χ1v) is 8.63. The third-order valence-corrected chi connectivity index (χ3v) is 5.68. The van der Waals surface area contributed by atoms with Gasteiger partial charge in [0, 0.05) is 13.0 Å². The quantitative estimate of drug-likeness (QED) is 0.634. The first-order valence-electron chi connectivity index (χ1n) is 7.55. The van der Waals surface area contributed by atoms with E-state index in [0.29, 0.717) is 11.7 Å². The Hall–Kier alpha value is -0.430. The molecule has 0 unspecified atom stereocenters. The van der Waals surface area contributed by atoms with Gasteiger partial charge in [-0.05, 0) is 48.3 Å². The van der Waals surface area contributed by atoms with Gasteiger partial charge >= 0.3 is 0 Å². The number of nitrogens with zero attached hydrogens (tertiary/aromatic N) is 2. The summed E-state index contributed by atoms with van der Waals surface area (Å²) in [6, 6.07) is 0. The molecule has 4 nitrogen and oxygen atoms in total. The molecule has 0 aliphatic heterocycles. The summed E-state index contributed by atoms with van der Waals surface area (Å²) in [5.41, 5.74) is 6.96. The first-order chi connectivity index (χ1) is 9.66. The molecule has 0 spiro atoms. The van der Waals surface area contributed by atoms with E-state index in [0.717, 1.165) is 27.9 Å². The van der Waals surface area contributed by atoms with E-state index in [2.05, 4.69) is 27.6 Å². The molecule has 0 bridgehead atoms. The van der Waals surface area contributed by atoms with Gasteiger partial charge in [-0.25, -0.2) is 9.97 Å². The molecule has 0 atom stereocenters. The molecule has 3 rings (SSSR count). The van der Waals surface area contributed by atoms with Crippen molar-refractivity contribution in [2.45, 2.75) is 62.9 Å². The lowest BCUT2D eigenvalue weighted by atomic mass is 9.93. The van der Waals surface area contributed by atoms with Crippen LogP contribution in [0.1, 0.15) is 68.8 Å². The van der Waals surface area contributed by atoms with Crippen LogP contribution in [0, 0.1) is 3.57 Å². The normalized spacial score (nSPS) is 22.5. The number of ether oxygens (including phenoxy) is 1. The SMILES string of the molecule is COC1(c2nc(N)c(I)c(C3CC3)n2)CCCCCC1. The van der Waals surface area contributed by atoms with Crippen LogP contribution in [-0.4, -0.2) is 17.1 Å². The monoisotopic (exact) mass is 387 g/mol. The third-order valence-electron chi connectivity index (χ3n) is 4.58. The minimum absolute atomic E-state index is 0.321. The average molecular weight is 387 g/mol. The maximum Gasteiger partial charge on any atom is 0.162 e. The number of aromatic nitrogens is 2. The summed E-state index contributed by atoms with van der Waals surface area (Å²) in [6.45, 7) is 0. The predicted octanol–water partition coefficient (Wildman–Crippen LogP) is 3.74. The number of rotatable bonds is 3. The lowest BCUT2D eigenvalue weighted by Gasteiger charge is -2.30. The van der Waals surface area contributed by atoms with Crippen LogP contribution >= 0.6 is 22.6 Å². The van der Waals surface area contributed by atoms with E-state index in [-0.39, 0.29) is 5.60 Å². The van der Waals surface area contributed by atoms with Crippen molar-refractivity contribution in [2.75, 3.05) is 12.8 Å². The summed E-state index contributed by atoms with van der Waals surface area (Å²) >= 11 is 2.28. The van der Waals surface area contributed by atoms with Gasteiger partial charge in [-0.1, -0.05) is 25.7 Å². The Morgan fingerprint density at radius 3 is 2.35 bits per heavy atom. The number of halogens is 1. The molecule has 1 heterocycles. The van der Waals surface area contributed by atoms with Crippen molar-refractivity contribution < 1.29 is 4.74 Å². The average Bonchev–Trinajstić information content (AvgIpc) is 3.27. The van der Waals surface area contributed by atoms with Crippen molar-refractivity contribution in [3.05, 3.63) is 15.1 Å². The molecule has 110 valence electrons. The molecular formula is C15H22IN3O. The van der Waals surface area contributed by atoms with Gasteiger partial charge in [0.05, 0.1) is 9.26 Å². The van der Waals surface area contributed by atoms with Gasteiger partial charge in [-0.15, -0.1) is 0 Å². The number of methoxy groups -OCH3 is 1. The van der Waals surface area contributed by atoms with Gasteiger partial charge in [0.1, 0.15) is 11.4 Å². The molecule has 0 saturated heterocycles. The smallest absolute Gasteiger partial charge is 0.162 e. The van der Waals surface area contributed by atoms with Gasteiger partial charge in [-0.3, -0.25) is 0 Å². The highest BCUT2D eigenvalue weighted by Gasteiger charge is 2.38. The summed E-state index contributed by atoms with van der Waals surface area (Å²) in [4.78, 5) is 9.47. The van der Waals surface area contributed by atoms with E-state index in [1.54, 1.807) is 7.11 Å². The van der Waals surface area contributed by atoms with Crippen LogP contribution < -0.4 is 5.73 Å². The van der Waals surface area contributed by atoms with Crippen molar-refractivity contribution in [3.8, 4) is 0 Å². The molecule has 5 heteroatoms. The Balaban J connectivity index is 2.02. The van der Waals surface area contributed by atoms with Crippen molar-refractivity contribution in [3.63, 3.8) is 0 Å². The Morgan fingerprint density at radius 1 is 1.15 bits per heavy atom. The lowest BCUT2D eigenvalue weighted by molar-refractivity contribution is -0.0352. The largest absolute Gasteiger partial charge is 0.383 e. The van der Waals surface area contributed by atoms with Gasteiger partial charge in [0.2, 0.25) is 0 Å². The summed E-state index contributed by atoms with van der Waals surface area (Å²) in [7, 11) is 1.79. The molecule has 1 aromatic rings. The molecule has 2 N–H and O–H groups in total. The van der Waals surface area contributed by atoms with Crippen molar-refractivity contribution in [2.24, 2.45) is 0 Å². The van der Waals surface area contributed by atoms with E-state index in [4.69, 9.17) is 15.5 Å². The molecule has 2 fully saturated rings. The van der Waals surface area contributed by atoms with Crippen LogP contribution in [-0.2, 0) is 10.3 Å². The second-order valence-corrected chi connectivity index (χ2v) is 7.10. The Kier molecular flexibility index (Phi) is 4.17. The van der Waals surface area contributed by atoms with E-state index in [1.807, 2.05) is 0 Å². The summed E-state index contributed by atoms with van der Waals surface area (Å²) in [6.07, 6.45) is 9.39. The summed E-state index contributed by atoms with van der Waals surface area (Å²) in [5, 5.41) is 0. The summed E-state index contributed by atoms with van der Waals surface area (Å²) < 4.78 is 6.95. The fraction of sp³-hybridized carbons (Fsp3) is 0.733. The standard InChI is InChI=1S/C15H22IN3O/c1-20-15(8-4-2-3-5-9-15)14-18-12(10-6-7-10)11(16)13(17)19-14/h10H,2-9H2,1H3,(H2,17,18,19). The van der Waals surface area contributed by atoms with Crippen LogP contribution in [0.15, 0.2) is 0 Å². The van der Waals surface area contributed by atoms with Crippen LogP contribution in [0.25, 0.3) is 0 Å². The zero-order chi connectivity index (χ0) is 14.2. The number of hydrogen-bond acceptors (Lipinski definition) is 4. The minimum atomic E-state index is -0.321. The van der Waals surface area contributed by atoms with E-state index in [9.17, 15) is 0 Å². The topological polar surface area (TPSA) is 61.0 Å². The molecule has 0 radical (unpaired) electrons. The molecule has 0 aromatic carbocycles. The lowest BCUT2D eigenvalue weighted by Crippen LogP contribution is -2.31. The van der Waals surface area contributed by atoms with E-state index in [1.165, 1.54) is 38.5 Å². The Labute approximate surface area is 134 Å². The highest BCUT2D eigenvalue weighted by Crippen LogP contribution is 2.44. The van der Waals surface area contributed by atoms with Gasteiger partial charge in [0.15, 0.2) is 5.82 Å². The van der Waals surface area contributed by atoms with E-state index >= 15 is 0 Å². The van der Waals surface area contributed by atoms with Crippen LogP contribution in [0.5, 0.6) is 0 Å². The van der Waals surface area contributed by atoms with Crippen molar-refractivity contribution in [1.29, 1.82) is 0 Å². The Morgan fingerprint density at radius 2 is 1.80 bits per heavy atom. The predicted molar refractivity (Wildman–Crippen MR) is 87.5 cm³/mol. The number of hydrogen-bond donors (Lipinski definition) is 1. The second-order valence-electron chi connectivity index (χ2n) is 6.02. The number of nitrogen functional groups attached to an aromatic ring is 1. The third kappa shape index (κ3) is 2.66. The highest BCUT2D eigenvalue weighted by atomic mass is 127.